The van der Waals surface area contributed by atoms with Gasteiger partial charge in [0.2, 0.25) is 0 Å². The van der Waals surface area contributed by atoms with E-state index >= 15 is 0 Å². The molecule has 0 fully saturated rings. The third kappa shape index (κ3) is 3.95. The summed E-state index contributed by atoms with van der Waals surface area (Å²) >= 11 is 0. The van der Waals surface area contributed by atoms with Crippen molar-refractivity contribution in [3.8, 4) is 11.5 Å². The molecule has 1 N–H and O–H groups in total. The van der Waals surface area contributed by atoms with Gasteiger partial charge < -0.3 is 19.7 Å². The van der Waals surface area contributed by atoms with E-state index in [4.69, 9.17) is 9.47 Å². The summed E-state index contributed by atoms with van der Waals surface area (Å²) in [5, 5.41) is 2.94. The van der Waals surface area contributed by atoms with Crippen molar-refractivity contribution >= 4 is 11.7 Å². The van der Waals surface area contributed by atoms with Crippen molar-refractivity contribution in [2.75, 3.05) is 33.1 Å². The SMILES string of the molecule is CCN(Cc1ccc(OC)c(OC)c1)C(=O)c1ccc(NC)nc1. The maximum atomic E-state index is 12.7. The molecule has 0 saturated carbocycles. The lowest BCUT2D eigenvalue weighted by molar-refractivity contribution is 0.0752. The average molecular weight is 329 g/mol. The Bertz CT molecular complexity index is 686. The Morgan fingerprint density at radius 3 is 2.46 bits per heavy atom. The summed E-state index contributed by atoms with van der Waals surface area (Å²) < 4.78 is 10.6. The van der Waals surface area contributed by atoms with Gasteiger partial charge >= 0.3 is 0 Å². The molecule has 0 aliphatic carbocycles. The van der Waals surface area contributed by atoms with E-state index in [1.54, 1.807) is 44.5 Å². The second-order valence-electron chi connectivity index (χ2n) is 5.19. The molecule has 24 heavy (non-hydrogen) atoms. The van der Waals surface area contributed by atoms with Gasteiger partial charge in [-0.1, -0.05) is 6.07 Å². The predicted octanol–water partition coefficient (Wildman–Crippen LogP) is 2.80. The number of ether oxygens (including phenoxy) is 2. The Morgan fingerprint density at radius 2 is 1.92 bits per heavy atom. The van der Waals surface area contributed by atoms with Crippen LogP contribution in [0.3, 0.4) is 0 Å². The molecular formula is C18H23N3O3. The van der Waals surface area contributed by atoms with Crippen molar-refractivity contribution in [3.63, 3.8) is 0 Å². The minimum atomic E-state index is -0.0533. The first-order valence-corrected chi connectivity index (χ1v) is 7.76. The number of nitrogens with zero attached hydrogens (tertiary/aromatic N) is 2. The van der Waals surface area contributed by atoms with Crippen molar-refractivity contribution in [2.24, 2.45) is 0 Å². The molecule has 0 saturated heterocycles. The summed E-state index contributed by atoms with van der Waals surface area (Å²) in [6.45, 7) is 3.04. The number of pyridine rings is 1. The molecule has 0 atom stereocenters. The maximum absolute atomic E-state index is 12.7. The molecule has 1 amide bonds. The number of anilines is 1. The van der Waals surface area contributed by atoms with Crippen LogP contribution in [0.4, 0.5) is 5.82 Å². The molecule has 0 aliphatic heterocycles. The van der Waals surface area contributed by atoms with Crippen LogP contribution in [-0.4, -0.2) is 43.6 Å². The largest absolute Gasteiger partial charge is 0.493 e. The zero-order valence-electron chi connectivity index (χ0n) is 14.5. The monoisotopic (exact) mass is 329 g/mol. The smallest absolute Gasteiger partial charge is 0.255 e. The van der Waals surface area contributed by atoms with Crippen molar-refractivity contribution in [2.45, 2.75) is 13.5 Å². The number of methoxy groups -OCH3 is 2. The van der Waals surface area contributed by atoms with Gasteiger partial charge in [0.15, 0.2) is 11.5 Å². The highest BCUT2D eigenvalue weighted by atomic mass is 16.5. The second kappa shape index (κ2) is 8.19. The number of nitrogens with one attached hydrogen (secondary N) is 1. The molecule has 0 radical (unpaired) electrons. The summed E-state index contributed by atoms with van der Waals surface area (Å²) in [4.78, 5) is 18.6. The standard InChI is InChI=1S/C18H23N3O3/c1-5-21(18(22)14-7-9-17(19-2)20-11-14)12-13-6-8-15(23-3)16(10-13)24-4/h6-11H,5,12H2,1-4H3,(H,19,20). The molecule has 1 aromatic carbocycles. The van der Waals surface area contributed by atoms with Crippen LogP contribution in [0.2, 0.25) is 0 Å². The van der Waals surface area contributed by atoms with E-state index in [2.05, 4.69) is 10.3 Å². The summed E-state index contributed by atoms with van der Waals surface area (Å²) in [5.41, 5.74) is 1.54. The predicted molar refractivity (Wildman–Crippen MR) is 93.7 cm³/mol. The van der Waals surface area contributed by atoms with Gasteiger partial charge in [0.25, 0.3) is 5.91 Å². The van der Waals surface area contributed by atoms with Crippen LogP contribution in [0.15, 0.2) is 36.5 Å². The van der Waals surface area contributed by atoms with Crippen molar-refractivity contribution in [1.29, 1.82) is 0 Å². The molecule has 0 unspecified atom stereocenters. The average Bonchev–Trinajstić information content (AvgIpc) is 2.65. The number of rotatable bonds is 7. The fourth-order valence-electron chi connectivity index (χ4n) is 2.38. The van der Waals surface area contributed by atoms with E-state index in [1.165, 1.54) is 0 Å². The Balaban J connectivity index is 2.17. The van der Waals surface area contributed by atoms with Gasteiger partial charge in [-0.15, -0.1) is 0 Å². The Morgan fingerprint density at radius 1 is 1.17 bits per heavy atom. The molecule has 128 valence electrons. The van der Waals surface area contributed by atoms with Crippen LogP contribution in [0.1, 0.15) is 22.8 Å². The molecule has 2 aromatic rings. The van der Waals surface area contributed by atoms with Crippen LogP contribution in [0, 0.1) is 0 Å². The van der Waals surface area contributed by atoms with Crippen LogP contribution in [0.25, 0.3) is 0 Å². The number of carbonyl (C=O) groups excluding carboxylic acids is 1. The molecule has 0 aliphatic rings. The minimum absolute atomic E-state index is 0.0533. The van der Waals surface area contributed by atoms with Crippen LogP contribution in [-0.2, 0) is 6.54 Å². The lowest BCUT2D eigenvalue weighted by atomic mass is 10.1. The number of carbonyl (C=O) groups is 1. The van der Waals surface area contributed by atoms with Gasteiger partial charge in [-0.2, -0.15) is 0 Å². The number of aromatic nitrogens is 1. The zero-order chi connectivity index (χ0) is 17.5. The molecule has 2 rings (SSSR count). The van der Waals surface area contributed by atoms with Gasteiger partial charge in [0.1, 0.15) is 5.82 Å². The van der Waals surface area contributed by atoms with Gasteiger partial charge in [-0.3, -0.25) is 4.79 Å². The Labute approximate surface area is 142 Å². The van der Waals surface area contributed by atoms with E-state index in [9.17, 15) is 4.79 Å². The van der Waals surface area contributed by atoms with E-state index in [0.717, 1.165) is 11.4 Å². The zero-order valence-corrected chi connectivity index (χ0v) is 14.5. The third-order valence-corrected chi connectivity index (χ3v) is 3.76. The lowest BCUT2D eigenvalue weighted by Gasteiger charge is -2.21. The molecule has 6 heteroatoms. The van der Waals surface area contributed by atoms with Crippen molar-refractivity contribution in [1.82, 2.24) is 9.88 Å². The first-order valence-electron chi connectivity index (χ1n) is 7.76. The second-order valence-corrected chi connectivity index (χ2v) is 5.19. The molecule has 0 bridgehead atoms. The number of benzene rings is 1. The number of hydrogen-bond donors (Lipinski definition) is 1. The van der Waals surface area contributed by atoms with Crippen LogP contribution in [0.5, 0.6) is 11.5 Å². The first-order chi connectivity index (χ1) is 11.6. The van der Waals surface area contributed by atoms with Crippen LogP contribution >= 0.6 is 0 Å². The Kier molecular flexibility index (Phi) is 6.01. The lowest BCUT2D eigenvalue weighted by Crippen LogP contribution is -2.30. The quantitative estimate of drug-likeness (QED) is 0.846. The van der Waals surface area contributed by atoms with E-state index in [1.807, 2.05) is 25.1 Å². The fourth-order valence-corrected chi connectivity index (χ4v) is 2.38. The highest BCUT2D eigenvalue weighted by Gasteiger charge is 2.16. The first kappa shape index (κ1) is 17.6. The van der Waals surface area contributed by atoms with Crippen LogP contribution < -0.4 is 14.8 Å². The van der Waals surface area contributed by atoms with Crippen molar-refractivity contribution in [3.05, 3.63) is 47.7 Å². The molecule has 1 aromatic heterocycles. The summed E-state index contributed by atoms with van der Waals surface area (Å²) in [6.07, 6.45) is 1.59. The number of amides is 1. The summed E-state index contributed by atoms with van der Waals surface area (Å²) in [5.74, 6) is 2.00. The third-order valence-electron chi connectivity index (χ3n) is 3.76. The number of hydrogen-bond acceptors (Lipinski definition) is 5. The van der Waals surface area contributed by atoms with Gasteiger partial charge in [-0.05, 0) is 36.8 Å². The maximum Gasteiger partial charge on any atom is 0.255 e. The summed E-state index contributed by atoms with van der Waals surface area (Å²) in [6, 6.07) is 9.22. The van der Waals surface area contributed by atoms with E-state index < -0.39 is 0 Å². The fraction of sp³-hybridized carbons (Fsp3) is 0.333. The normalized spacial score (nSPS) is 10.2. The molecular weight excluding hydrogens is 306 g/mol. The molecule has 0 spiro atoms. The highest BCUT2D eigenvalue weighted by Crippen LogP contribution is 2.28. The highest BCUT2D eigenvalue weighted by molar-refractivity contribution is 5.94. The van der Waals surface area contributed by atoms with Gasteiger partial charge in [-0.25, -0.2) is 4.98 Å². The van der Waals surface area contributed by atoms with Gasteiger partial charge in [0, 0.05) is 26.3 Å². The Hall–Kier alpha value is -2.76. The van der Waals surface area contributed by atoms with Crippen molar-refractivity contribution < 1.29 is 14.3 Å². The van der Waals surface area contributed by atoms with E-state index in [0.29, 0.717) is 30.2 Å². The minimum Gasteiger partial charge on any atom is -0.493 e. The topological polar surface area (TPSA) is 63.7 Å². The van der Waals surface area contributed by atoms with E-state index in [-0.39, 0.29) is 5.91 Å². The molecule has 6 nitrogen and oxygen atoms in total. The summed E-state index contributed by atoms with van der Waals surface area (Å²) in [7, 11) is 4.99. The molecule has 1 heterocycles. The van der Waals surface area contributed by atoms with Gasteiger partial charge in [0.05, 0.1) is 19.8 Å².